The molecule has 0 fully saturated rings. The monoisotopic (exact) mass is 182 g/mol. The van der Waals surface area contributed by atoms with E-state index in [1.165, 1.54) is 12.4 Å². The lowest BCUT2D eigenvalue weighted by molar-refractivity contribution is 0.206. The van der Waals surface area contributed by atoms with E-state index in [4.69, 9.17) is 9.84 Å². The number of hydrogen-bond donors (Lipinski definition) is 1. The fourth-order valence-corrected chi connectivity index (χ4v) is 0.775. The van der Waals surface area contributed by atoms with Gasteiger partial charge in [-0.15, -0.1) is 0 Å². The Hall–Kier alpha value is -1.16. The summed E-state index contributed by atoms with van der Waals surface area (Å²) in [6, 6.07) is 0. The Kier molecular flexibility index (Phi) is 3.64. The number of nitrogens with zero attached hydrogens (tertiary/aromatic N) is 2. The van der Waals surface area contributed by atoms with E-state index in [9.17, 15) is 0 Å². The number of rotatable bonds is 4. The Morgan fingerprint density at radius 2 is 2.23 bits per heavy atom. The molecule has 1 aromatic heterocycles. The van der Waals surface area contributed by atoms with Crippen LogP contribution in [-0.4, -0.2) is 21.2 Å². The van der Waals surface area contributed by atoms with Crippen LogP contribution in [0.25, 0.3) is 0 Å². The maximum Gasteiger partial charge on any atom is 0.232 e. The highest BCUT2D eigenvalue weighted by atomic mass is 16.5. The largest absolute Gasteiger partial charge is 0.474 e. The maximum absolute atomic E-state index is 8.71. The molecular weight excluding hydrogens is 168 g/mol. The molecule has 4 heteroatoms. The Bertz CT molecular complexity index is 248. The van der Waals surface area contributed by atoms with Crippen LogP contribution in [-0.2, 0) is 6.61 Å². The molecule has 1 rings (SSSR count). The summed E-state index contributed by atoms with van der Waals surface area (Å²) in [4.78, 5) is 7.94. The van der Waals surface area contributed by atoms with Crippen LogP contribution in [0, 0.1) is 0 Å². The molecule has 13 heavy (non-hydrogen) atoms. The van der Waals surface area contributed by atoms with Gasteiger partial charge in [0.1, 0.15) is 0 Å². The van der Waals surface area contributed by atoms with Crippen molar-refractivity contribution in [2.75, 3.05) is 0 Å². The summed E-state index contributed by atoms with van der Waals surface area (Å²) in [6.45, 7) is 3.93. The predicted octanol–water partition coefficient (Wildman–Crippen LogP) is 1.15. The standard InChI is InChI=1S/C9H14N2O2/c1-3-7(2)13-9-5-10-8(6-12)4-11-9/h4-5,7,12H,3,6H2,1-2H3. The second-order valence-electron chi connectivity index (χ2n) is 2.84. The first-order valence-electron chi connectivity index (χ1n) is 4.34. The average Bonchev–Trinajstić information content (AvgIpc) is 2.19. The summed E-state index contributed by atoms with van der Waals surface area (Å²) >= 11 is 0. The van der Waals surface area contributed by atoms with Crippen LogP contribution in [0.5, 0.6) is 5.88 Å². The summed E-state index contributed by atoms with van der Waals surface area (Å²) in [5, 5.41) is 8.71. The van der Waals surface area contributed by atoms with Gasteiger partial charge in [-0.1, -0.05) is 6.92 Å². The molecule has 0 aliphatic carbocycles. The Morgan fingerprint density at radius 1 is 1.46 bits per heavy atom. The molecule has 1 N–H and O–H groups in total. The van der Waals surface area contributed by atoms with Crippen LogP contribution in [0.3, 0.4) is 0 Å². The van der Waals surface area contributed by atoms with Gasteiger partial charge in [0.05, 0.1) is 30.8 Å². The predicted molar refractivity (Wildman–Crippen MR) is 48.3 cm³/mol. The molecule has 0 radical (unpaired) electrons. The molecule has 1 atom stereocenters. The van der Waals surface area contributed by atoms with Crippen LogP contribution < -0.4 is 4.74 Å². The van der Waals surface area contributed by atoms with Crippen LogP contribution in [0.1, 0.15) is 26.0 Å². The van der Waals surface area contributed by atoms with E-state index in [1.54, 1.807) is 0 Å². The van der Waals surface area contributed by atoms with Gasteiger partial charge >= 0.3 is 0 Å². The lowest BCUT2D eigenvalue weighted by atomic mass is 10.3. The molecule has 0 saturated heterocycles. The highest BCUT2D eigenvalue weighted by molar-refractivity contribution is 5.06. The number of hydrogen-bond acceptors (Lipinski definition) is 4. The fraction of sp³-hybridized carbons (Fsp3) is 0.556. The first kappa shape index (κ1) is 9.92. The molecule has 72 valence electrons. The minimum Gasteiger partial charge on any atom is -0.474 e. The summed E-state index contributed by atoms with van der Waals surface area (Å²) in [5.41, 5.74) is 0.552. The van der Waals surface area contributed by atoms with Gasteiger partial charge < -0.3 is 9.84 Å². The lowest BCUT2D eigenvalue weighted by Crippen LogP contribution is -2.11. The normalized spacial score (nSPS) is 12.5. The van der Waals surface area contributed by atoms with Gasteiger partial charge in [-0.2, -0.15) is 0 Å². The van der Waals surface area contributed by atoms with Crippen LogP contribution >= 0.6 is 0 Å². The van der Waals surface area contributed by atoms with E-state index in [0.717, 1.165) is 6.42 Å². The molecule has 0 saturated carbocycles. The first-order valence-corrected chi connectivity index (χ1v) is 4.34. The Morgan fingerprint density at radius 3 is 2.69 bits per heavy atom. The van der Waals surface area contributed by atoms with Crippen molar-refractivity contribution in [3.05, 3.63) is 18.1 Å². The highest BCUT2D eigenvalue weighted by Crippen LogP contribution is 2.07. The molecule has 0 amide bonds. The highest BCUT2D eigenvalue weighted by Gasteiger charge is 2.02. The summed E-state index contributed by atoms with van der Waals surface area (Å²) in [6.07, 6.45) is 4.12. The number of aliphatic hydroxyl groups is 1. The second kappa shape index (κ2) is 4.77. The molecule has 0 bridgehead atoms. The summed E-state index contributed by atoms with van der Waals surface area (Å²) in [7, 11) is 0. The molecule has 0 aliphatic rings. The van der Waals surface area contributed by atoms with Crippen LogP contribution in [0.4, 0.5) is 0 Å². The van der Waals surface area contributed by atoms with Crippen molar-refractivity contribution in [3.63, 3.8) is 0 Å². The van der Waals surface area contributed by atoms with E-state index in [2.05, 4.69) is 9.97 Å². The lowest BCUT2D eigenvalue weighted by Gasteiger charge is -2.10. The topological polar surface area (TPSA) is 55.2 Å². The van der Waals surface area contributed by atoms with Crippen molar-refractivity contribution in [2.24, 2.45) is 0 Å². The first-order chi connectivity index (χ1) is 6.26. The fourth-order valence-electron chi connectivity index (χ4n) is 0.775. The maximum atomic E-state index is 8.71. The van der Waals surface area contributed by atoms with Gasteiger partial charge in [0.2, 0.25) is 5.88 Å². The molecule has 1 aromatic rings. The third-order valence-electron chi connectivity index (χ3n) is 1.74. The van der Waals surface area contributed by atoms with Crippen molar-refractivity contribution in [3.8, 4) is 5.88 Å². The van der Waals surface area contributed by atoms with Crippen molar-refractivity contribution in [1.82, 2.24) is 9.97 Å². The minimum atomic E-state index is -0.0867. The molecule has 0 aromatic carbocycles. The third kappa shape index (κ3) is 2.99. The van der Waals surface area contributed by atoms with Gasteiger partial charge in [-0.25, -0.2) is 4.98 Å². The van der Waals surface area contributed by atoms with E-state index < -0.39 is 0 Å². The molecule has 1 heterocycles. The van der Waals surface area contributed by atoms with Gasteiger partial charge in [0, 0.05) is 0 Å². The summed E-state index contributed by atoms with van der Waals surface area (Å²) < 4.78 is 5.41. The Balaban J connectivity index is 2.58. The van der Waals surface area contributed by atoms with E-state index in [-0.39, 0.29) is 12.7 Å². The molecule has 0 spiro atoms. The molecule has 0 aliphatic heterocycles. The SMILES string of the molecule is CCC(C)Oc1cnc(CO)cn1. The van der Waals surface area contributed by atoms with Gasteiger partial charge in [-0.05, 0) is 13.3 Å². The zero-order chi connectivity index (χ0) is 9.68. The van der Waals surface area contributed by atoms with Gasteiger partial charge in [-0.3, -0.25) is 4.98 Å². The van der Waals surface area contributed by atoms with Crippen molar-refractivity contribution in [2.45, 2.75) is 33.0 Å². The summed E-state index contributed by atoms with van der Waals surface area (Å²) in [5.74, 6) is 0.506. The zero-order valence-corrected chi connectivity index (χ0v) is 7.90. The zero-order valence-electron chi connectivity index (χ0n) is 7.90. The molecular formula is C9H14N2O2. The number of aliphatic hydroxyl groups excluding tert-OH is 1. The minimum absolute atomic E-state index is 0.0867. The molecule has 1 unspecified atom stereocenters. The van der Waals surface area contributed by atoms with Crippen molar-refractivity contribution in [1.29, 1.82) is 0 Å². The average molecular weight is 182 g/mol. The van der Waals surface area contributed by atoms with Gasteiger partial charge in [0.15, 0.2) is 0 Å². The smallest absolute Gasteiger partial charge is 0.232 e. The quantitative estimate of drug-likeness (QED) is 0.758. The van der Waals surface area contributed by atoms with E-state index >= 15 is 0 Å². The van der Waals surface area contributed by atoms with Crippen LogP contribution in [0.15, 0.2) is 12.4 Å². The Labute approximate surface area is 77.6 Å². The van der Waals surface area contributed by atoms with Crippen molar-refractivity contribution < 1.29 is 9.84 Å². The number of aromatic nitrogens is 2. The third-order valence-corrected chi connectivity index (χ3v) is 1.74. The van der Waals surface area contributed by atoms with Crippen LogP contribution in [0.2, 0.25) is 0 Å². The second-order valence-corrected chi connectivity index (χ2v) is 2.84. The van der Waals surface area contributed by atoms with Crippen molar-refractivity contribution >= 4 is 0 Å². The number of ether oxygens (including phenoxy) is 1. The molecule has 4 nitrogen and oxygen atoms in total. The van der Waals surface area contributed by atoms with E-state index in [1.807, 2.05) is 13.8 Å². The van der Waals surface area contributed by atoms with Gasteiger partial charge in [0.25, 0.3) is 0 Å². The van der Waals surface area contributed by atoms with E-state index in [0.29, 0.717) is 11.6 Å².